The maximum atomic E-state index is 10.9. The van der Waals surface area contributed by atoms with Gasteiger partial charge < -0.3 is 5.32 Å². The molecule has 0 aliphatic heterocycles. The highest BCUT2D eigenvalue weighted by molar-refractivity contribution is 9.10. The van der Waals surface area contributed by atoms with Crippen molar-refractivity contribution in [2.75, 3.05) is 5.32 Å². The number of aromatic nitrogens is 3. The maximum Gasteiger partial charge on any atom is 0.292 e. The number of halogens is 1. The van der Waals surface area contributed by atoms with Gasteiger partial charge >= 0.3 is 0 Å². The molecule has 1 aromatic carbocycles. The Balaban J connectivity index is 2.17. The molecule has 0 bridgehead atoms. The Morgan fingerprint density at radius 1 is 1.56 bits per heavy atom. The molecule has 2 rings (SSSR count). The van der Waals surface area contributed by atoms with E-state index in [4.69, 9.17) is 0 Å². The standard InChI is InChI=1S/C10H10BrN5O2/c1-15-6-13-10(14-15)5-12-8-4-7(11)2-3-9(8)16(17)18/h2-4,6,12H,5H2,1H3. The molecule has 0 atom stereocenters. The Hall–Kier alpha value is -1.96. The monoisotopic (exact) mass is 311 g/mol. The number of hydrogen-bond acceptors (Lipinski definition) is 5. The maximum absolute atomic E-state index is 10.9. The van der Waals surface area contributed by atoms with Gasteiger partial charge in [-0.05, 0) is 12.1 Å². The SMILES string of the molecule is Cn1cnc(CNc2cc(Br)ccc2[N+](=O)[O-])n1. The van der Waals surface area contributed by atoms with Gasteiger partial charge in [-0.3, -0.25) is 14.8 Å². The second-order valence-corrected chi connectivity index (χ2v) is 4.52. The first kappa shape index (κ1) is 12.5. The van der Waals surface area contributed by atoms with Gasteiger partial charge in [-0.2, -0.15) is 5.10 Å². The molecule has 2 aromatic rings. The number of rotatable bonds is 4. The van der Waals surface area contributed by atoms with Crippen molar-refractivity contribution in [3.63, 3.8) is 0 Å². The summed E-state index contributed by atoms with van der Waals surface area (Å²) >= 11 is 3.28. The molecule has 0 amide bonds. The third kappa shape index (κ3) is 2.83. The summed E-state index contributed by atoms with van der Waals surface area (Å²) in [5.41, 5.74) is 0.455. The fourth-order valence-electron chi connectivity index (χ4n) is 1.45. The normalized spacial score (nSPS) is 10.3. The van der Waals surface area contributed by atoms with E-state index >= 15 is 0 Å². The van der Waals surface area contributed by atoms with Crippen LogP contribution in [-0.2, 0) is 13.6 Å². The summed E-state index contributed by atoms with van der Waals surface area (Å²) in [4.78, 5) is 14.5. The number of nitro benzene ring substituents is 1. The van der Waals surface area contributed by atoms with Crippen LogP contribution in [0.4, 0.5) is 11.4 Å². The molecule has 0 aliphatic rings. The van der Waals surface area contributed by atoms with Crippen LogP contribution in [0.1, 0.15) is 5.82 Å². The topological polar surface area (TPSA) is 85.9 Å². The third-order valence-corrected chi connectivity index (χ3v) is 2.73. The zero-order valence-corrected chi connectivity index (χ0v) is 11.1. The van der Waals surface area contributed by atoms with E-state index in [1.54, 1.807) is 30.2 Å². The van der Waals surface area contributed by atoms with Gasteiger partial charge in [0.25, 0.3) is 5.69 Å². The third-order valence-electron chi connectivity index (χ3n) is 2.24. The molecule has 94 valence electrons. The molecule has 0 spiro atoms. The molecule has 1 heterocycles. The lowest BCUT2D eigenvalue weighted by Gasteiger charge is -2.05. The van der Waals surface area contributed by atoms with Gasteiger partial charge in [-0.1, -0.05) is 15.9 Å². The summed E-state index contributed by atoms with van der Waals surface area (Å²) in [5, 5.41) is 17.9. The summed E-state index contributed by atoms with van der Waals surface area (Å²) in [6, 6.07) is 4.72. The van der Waals surface area contributed by atoms with E-state index in [0.717, 1.165) is 4.47 Å². The first-order chi connectivity index (χ1) is 8.56. The number of nitrogens with zero attached hydrogens (tertiary/aromatic N) is 4. The average molecular weight is 312 g/mol. The van der Waals surface area contributed by atoms with Gasteiger partial charge in [0.05, 0.1) is 11.5 Å². The summed E-state index contributed by atoms with van der Waals surface area (Å²) in [7, 11) is 1.76. The molecule has 0 fully saturated rings. The zero-order valence-electron chi connectivity index (χ0n) is 9.50. The van der Waals surface area contributed by atoms with E-state index in [9.17, 15) is 10.1 Å². The predicted molar refractivity (Wildman–Crippen MR) is 69.1 cm³/mol. The Labute approximate surface area is 111 Å². The van der Waals surface area contributed by atoms with Crippen molar-refractivity contribution in [2.45, 2.75) is 6.54 Å². The van der Waals surface area contributed by atoms with E-state index in [0.29, 0.717) is 18.1 Å². The second kappa shape index (κ2) is 5.13. The zero-order chi connectivity index (χ0) is 13.1. The van der Waals surface area contributed by atoms with Crippen molar-refractivity contribution in [3.8, 4) is 0 Å². The minimum atomic E-state index is -0.430. The van der Waals surface area contributed by atoms with Crippen LogP contribution in [-0.4, -0.2) is 19.7 Å². The molecule has 1 aromatic heterocycles. The van der Waals surface area contributed by atoms with E-state index in [1.807, 2.05) is 0 Å². The van der Waals surface area contributed by atoms with Crippen LogP contribution in [0.25, 0.3) is 0 Å². The largest absolute Gasteiger partial charge is 0.372 e. The van der Waals surface area contributed by atoms with E-state index < -0.39 is 4.92 Å². The Kier molecular flexibility index (Phi) is 3.56. The molecule has 7 nitrogen and oxygen atoms in total. The van der Waals surface area contributed by atoms with Crippen molar-refractivity contribution in [3.05, 3.63) is 44.9 Å². The molecule has 0 radical (unpaired) electrons. The van der Waals surface area contributed by atoms with E-state index in [2.05, 4.69) is 31.3 Å². The molecule has 0 aliphatic carbocycles. The lowest BCUT2D eigenvalue weighted by Crippen LogP contribution is -2.04. The molecule has 1 N–H and O–H groups in total. The Bertz CT molecular complexity index is 583. The quantitative estimate of drug-likeness (QED) is 0.690. The van der Waals surface area contributed by atoms with E-state index in [-0.39, 0.29) is 5.69 Å². The lowest BCUT2D eigenvalue weighted by molar-refractivity contribution is -0.384. The highest BCUT2D eigenvalue weighted by Crippen LogP contribution is 2.27. The first-order valence-electron chi connectivity index (χ1n) is 5.08. The Morgan fingerprint density at radius 2 is 2.33 bits per heavy atom. The highest BCUT2D eigenvalue weighted by Gasteiger charge is 2.13. The number of hydrogen-bond donors (Lipinski definition) is 1. The van der Waals surface area contributed by atoms with Crippen molar-refractivity contribution >= 4 is 27.3 Å². The van der Waals surface area contributed by atoms with E-state index in [1.165, 1.54) is 6.07 Å². The second-order valence-electron chi connectivity index (χ2n) is 3.61. The van der Waals surface area contributed by atoms with Crippen LogP contribution < -0.4 is 5.32 Å². The van der Waals surface area contributed by atoms with Gasteiger partial charge in [-0.25, -0.2) is 4.98 Å². The fraction of sp³-hybridized carbons (Fsp3) is 0.200. The summed E-state index contributed by atoms with van der Waals surface area (Å²) in [6.45, 7) is 0.331. The van der Waals surface area contributed by atoms with Gasteiger partial charge in [-0.15, -0.1) is 0 Å². The van der Waals surface area contributed by atoms with Crippen LogP contribution in [0.5, 0.6) is 0 Å². The van der Waals surface area contributed by atoms with Gasteiger partial charge in [0.2, 0.25) is 0 Å². The van der Waals surface area contributed by atoms with Crippen molar-refractivity contribution in [1.82, 2.24) is 14.8 Å². The first-order valence-corrected chi connectivity index (χ1v) is 5.88. The van der Waals surface area contributed by atoms with Gasteiger partial charge in [0, 0.05) is 17.6 Å². The van der Waals surface area contributed by atoms with Crippen molar-refractivity contribution < 1.29 is 4.92 Å². The molecule has 0 unspecified atom stereocenters. The molecular formula is C10H10BrN5O2. The molecule has 8 heteroatoms. The van der Waals surface area contributed by atoms with Crippen LogP contribution in [0.15, 0.2) is 29.0 Å². The molecular weight excluding hydrogens is 302 g/mol. The Morgan fingerprint density at radius 3 is 2.94 bits per heavy atom. The summed E-state index contributed by atoms with van der Waals surface area (Å²) in [6.07, 6.45) is 1.58. The minimum Gasteiger partial charge on any atom is -0.372 e. The summed E-state index contributed by atoms with van der Waals surface area (Å²) < 4.78 is 2.34. The molecule has 18 heavy (non-hydrogen) atoms. The highest BCUT2D eigenvalue weighted by atomic mass is 79.9. The minimum absolute atomic E-state index is 0.0223. The van der Waals surface area contributed by atoms with Gasteiger partial charge in [0.1, 0.15) is 12.0 Å². The number of aryl methyl sites for hydroxylation is 1. The summed E-state index contributed by atoms with van der Waals surface area (Å²) in [5.74, 6) is 0.576. The fourth-order valence-corrected chi connectivity index (χ4v) is 1.81. The molecule has 0 saturated carbocycles. The van der Waals surface area contributed by atoms with Gasteiger partial charge in [0.15, 0.2) is 5.82 Å². The van der Waals surface area contributed by atoms with Crippen LogP contribution in [0.3, 0.4) is 0 Å². The number of anilines is 1. The number of benzene rings is 1. The predicted octanol–water partition coefficient (Wildman–Crippen LogP) is 2.10. The average Bonchev–Trinajstić information content (AvgIpc) is 2.72. The smallest absolute Gasteiger partial charge is 0.292 e. The number of nitro groups is 1. The molecule has 0 saturated heterocycles. The number of nitrogens with one attached hydrogen (secondary N) is 1. The van der Waals surface area contributed by atoms with Crippen LogP contribution in [0.2, 0.25) is 0 Å². The van der Waals surface area contributed by atoms with Crippen LogP contribution in [0, 0.1) is 10.1 Å². The van der Waals surface area contributed by atoms with Crippen LogP contribution >= 0.6 is 15.9 Å². The van der Waals surface area contributed by atoms with Crippen molar-refractivity contribution in [1.29, 1.82) is 0 Å². The lowest BCUT2D eigenvalue weighted by atomic mass is 10.2. The van der Waals surface area contributed by atoms with Crippen molar-refractivity contribution in [2.24, 2.45) is 7.05 Å².